The van der Waals surface area contributed by atoms with E-state index in [-0.39, 0.29) is 0 Å². The van der Waals surface area contributed by atoms with Gasteiger partial charge < -0.3 is 4.42 Å². The molecular formula is C62H40O. The van der Waals surface area contributed by atoms with Crippen molar-refractivity contribution < 1.29 is 4.42 Å². The lowest BCUT2D eigenvalue weighted by Gasteiger charge is -2.19. The molecule has 0 aliphatic rings. The maximum absolute atomic E-state index is 6.62. The van der Waals surface area contributed by atoms with E-state index in [1.54, 1.807) is 0 Å². The van der Waals surface area contributed by atoms with Crippen molar-refractivity contribution in [3.63, 3.8) is 0 Å². The zero-order chi connectivity index (χ0) is 41.7. The molecule has 0 atom stereocenters. The van der Waals surface area contributed by atoms with Gasteiger partial charge in [0.2, 0.25) is 0 Å². The minimum Gasteiger partial charge on any atom is -0.455 e. The van der Waals surface area contributed by atoms with Gasteiger partial charge in [-0.15, -0.1) is 0 Å². The largest absolute Gasteiger partial charge is 0.455 e. The predicted octanol–water partition coefficient (Wildman–Crippen LogP) is 17.6. The zero-order valence-electron chi connectivity index (χ0n) is 34.5. The molecule has 0 radical (unpaired) electrons. The van der Waals surface area contributed by atoms with Gasteiger partial charge in [-0.25, -0.2) is 0 Å². The molecule has 0 bridgehead atoms. The molecule has 0 aliphatic heterocycles. The van der Waals surface area contributed by atoms with Crippen LogP contribution in [-0.4, -0.2) is 0 Å². The highest BCUT2D eigenvalue weighted by Gasteiger charge is 2.21. The van der Waals surface area contributed by atoms with Crippen molar-refractivity contribution in [2.75, 3.05) is 0 Å². The third-order valence-corrected chi connectivity index (χ3v) is 12.7. The molecule has 12 rings (SSSR count). The second kappa shape index (κ2) is 15.3. The van der Waals surface area contributed by atoms with Gasteiger partial charge in [-0.1, -0.05) is 218 Å². The van der Waals surface area contributed by atoms with Crippen LogP contribution in [0, 0.1) is 0 Å². The van der Waals surface area contributed by atoms with Gasteiger partial charge in [0.25, 0.3) is 0 Å². The van der Waals surface area contributed by atoms with E-state index in [1.165, 1.54) is 76.8 Å². The van der Waals surface area contributed by atoms with E-state index in [0.29, 0.717) is 0 Å². The molecule has 0 aliphatic carbocycles. The summed E-state index contributed by atoms with van der Waals surface area (Å²) in [5.41, 5.74) is 16.2. The third-order valence-electron chi connectivity index (χ3n) is 12.7. The Bertz CT molecular complexity index is 3630. The lowest BCUT2D eigenvalue weighted by Crippen LogP contribution is -1.92. The highest BCUT2D eigenvalue weighted by Crippen LogP contribution is 2.47. The topological polar surface area (TPSA) is 13.1 Å². The number of fused-ring (bicyclic) bond motifs is 4. The first-order chi connectivity index (χ1) is 31.2. The van der Waals surface area contributed by atoms with Gasteiger partial charge in [0.1, 0.15) is 11.3 Å². The first kappa shape index (κ1) is 36.6. The summed E-state index contributed by atoms with van der Waals surface area (Å²) in [6, 6.07) is 87.9. The van der Waals surface area contributed by atoms with Crippen LogP contribution in [0.5, 0.6) is 0 Å². The standard InChI is InChI=1S/C62H40O/c1-4-16-41(17-5-1)47-34-36-55-56(39-47)59(53-27-12-13-28-54(53)60(55)50-25-14-24-49(38-50)52-29-15-23-43-18-10-11-26-51(43)52)45-32-30-42(31-33-45)48-35-37-58-57(40-48)61(44-19-6-2-7-20-44)62(63-58)46-21-8-3-9-22-46/h1-40H. The zero-order valence-corrected chi connectivity index (χ0v) is 34.5. The summed E-state index contributed by atoms with van der Waals surface area (Å²) in [6.45, 7) is 0. The van der Waals surface area contributed by atoms with Crippen LogP contribution in [0.2, 0.25) is 0 Å². The SMILES string of the molecule is c1ccc(-c2ccc3c(-c4cccc(-c5cccc6ccccc56)c4)c4ccccc4c(-c4ccc(-c5ccc6oc(-c7ccccc7)c(-c7ccccc7)c6c5)cc4)c3c2)cc1. The summed E-state index contributed by atoms with van der Waals surface area (Å²) in [4.78, 5) is 0. The molecule has 1 heterocycles. The summed E-state index contributed by atoms with van der Waals surface area (Å²) >= 11 is 0. The molecule has 0 amide bonds. The van der Waals surface area contributed by atoms with Crippen LogP contribution < -0.4 is 0 Å². The molecule has 0 saturated heterocycles. The van der Waals surface area contributed by atoms with Crippen LogP contribution in [0.3, 0.4) is 0 Å². The van der Waals surface area contributed by atoms with E-state index < -0.39 is 0 Å². The van der Waals surface area contributed by atoms with Crippen LogP contribution in [0.4, 0.5) is 0 Å². The van der Waals surface area contributed by atoms with Crippen LogP contribution in [0.1, 0.15) is 0 Å². The van der Waals surface area contributed by atoms with Crippen molar-refractivity contribution in [2.24, 2.45) is 0 Å². The molecule has 294 valence electrons. The Morgan fingerprint density at radius 3 is 1.41 bits per heavy atom. The quantitative estimate of drug-likeness (QED) is 0.146. The first-order valence-electron chi connectivity index (χ1n) is 21.7. The van der Waals surface area contributed by atoms with Crippen molar-refractivity contribution in [1.29, 1.82) is 0 Å². The Kier molecular flexibility index (Phi) is 8.90. The van der Waals surface area contributed by atoms with E-state index in [0.717, 1.165) is 44.5 Å². The Balaban J connectivity index is 1.03. The van der Waals surface area contributed by atoms with Gasteiger partial charge >= 0.3 is 0 Å². The maximum Gasteiger partial charge on any atom is 0.143 e. The number of benzene rings is 11. The van der Waals surface area contributed by atoms with E-state index in [4.69, 9.17) is 4.42 Å². The molecule has 11 aromatic carbocycles. The van der Waals surface area contributed by atoms with Gasteiger partial charge in [0.05, 0.1) is 0 Å². The molecule has 0 unspecified atom stereocenters. The van der Waals surface area contributed by atoms with E-state index >= 15 is 0 Å². The van der Waals surface area contributed by atoms with Crippen molar-refractivity contribution in [2.45, 2.75) is 0 Å². The number of furan rings is 1. The predicted molar refractivity (Wildman–Crippen MR) is 267 cm³/mol. The monoisotopic (exact) mass is 800 g/mol. The fourth-order valence-corrected chi connectivity index (χ4v) is 9.72. The van der Waals surface area contributed by atoms with E-state index in [9.17, 15) is 0 Å². The second-order valence-electron chi connectivity index (χ2n) is 16.4. The van der Waals surface area contributed by atoms with E-state index in [2.05, 4.69) is 237 Å². The lowest BCUT2D eigenvalue weighted by atomic mass is 9.84. The summed E-state index contributed by atoms with van der Waals surface area (Å²) < 4.78 is 6.62. The molecule has 1 nitrogen and oxygen atoms in total. The summed E-state index contributed by atoms with van der Waals surface area (Å²) in [5.74, 6) is 0.890. The minimum atomic E-state index is 0.878. The lowest BCUT2D eigenvalue weighted by molar-refractivity contribution is 0.632. The first-order valence-corrected chi connectivity index (χ1v) is 21.7. The van der Waals surface area contributed by atoms with Gasteiger partial charge in [-0.2, -0.15) is 0 Å². The summed E-state index contributed by atoms with van der Waals surface area (Å²) in [7, 11) is 0. The van der Waals surface area contributed by atoms with Crippen molar-refractivity contribution in [1.82, 2.24) is 0 Å². The Morgan fingerprint density at radius 1 is 0.222 bits per heavy atom. The molecular weight excluding hydrogens is 761 g/mol. The summed E-state index contributed by atoms with van der Waals surface area (Å²) in [5, 5.41) is 8.54. The normalized spacial score (nSPS) is 11.5. The number of rotatable bonds is 7. The smallest absolute Gasteiger partial charge is 0.143 e. The maximum atomic E-state index is 6.62. The molecule has 1 heteroatoms. The van der Waals surface area contributed by atoms with Gasteiger partial charge in [0.15, 0.2) is 0 Å². The molecule has 63 heavy (non-hydrogen) atoms. The Morgan fingerprint density at radius 2 is 0.683 bits per heavy atom. The fraction of sp³-hybridized carbons (Fsp3) is 0. The highest BCUT2D eigenvalue weighted by molar-refractivity contribution is 6.22. The Labute approximate surface area is 366 Å². The molecule has 0 spiro atoms. The van der Waals surface area contributed by atoms with Crippen molar-refractivity contribution in [3.05, 3.63) is 243 Å². The van der Waals surface area contributed by atoms with Gasteiger partial charge in [-0.3, -0.25) is 0 Å². The number of hydrogen-bond donors (Lipinski definition) is 0. The molecule has 0 fully saturated rings. The van der Waals surface area contributed by atoms with Crippen LogP contribution in [0.25, 0.3) is 121 Å². The molecule has 0 saturated carbocycles. The third kappa shape index (κ3) is 6.42. The number of hydrogen-bond acceptors (Lipinski definition) is 1. The molecule has 0 N–H and O–H groups in total. The van der Waals surface area contributed by atoms with Crippen molar-refractivity contribution >= 4 is 43.3 Å². The van der Waals surface area contributed by atoms with Gasteiger partial charge in [0, 0.05) is 16.5 Å². The average Bonchev–Trinajstić information content (AvgIpc) is 3.75. The minimum absolute atomic E-state index is 0.878. The second-order valence-corrected chi connectivity index (χ2v) is 16.4. The van der Waals surface area contributed by atoms with Crippen LogP contribution >= 0.6 is 0 Å². The van der Waals surface area contributed by atoms with Crippen LogP contribution in [-0.2, 0) is 0 Å². The van der Waals surface area contributed by atoms with Gasteiger partial charge in [-0.05, 0) is 118 Å². The highest BCUT2D eigenvalue weighted by atomic mass is 16.3. The summed E-state index contributed by atoms with van der Waals surface area (Å²) in [6.07, 6.45) is 0. The Hall–Kier alpha value is -8.26. The fourth-order valence-electron chi connectivity index (χ4n) is 9.72. The van der Waals surface area contributed by atoms with Crippen LogP contribution in [0.15, 0.2) is 247 Å². The average molecular weight is 801 g/mol. The molecule has 12 aromatic rings. The van der Waals surface area contributed by atoms with Crippen molar-refractivity contribution in [3.8, 4) is 78.1 Å². The molecule has 1 aromatic heterocycles. The van der Waals surface area contributed by atoms with E-state index in [1.807, 2.05) is 6.07 Å².